The molecule has 1 aromatic rings. The third-order valence-corrected chi connectivity index (χ3v) is 5.65. The maximum absolute atomic E-state index is 12.6. The van der Waals surface area contributed by atoms with Crippen molar-refractivity contribution < 1.29 is 19.4 Å². The standard InChI is InChI=1S/C20H29NO4/c1-24-18-4-2-3-17(13-18)14-19(23)21-9-7-20(8-10-21)15-16(5-11-22)6-12-25-20/h2-4,13,16,22H,5-12,14-15H2,1H3. The summed E-state index contributed by atoms with van der Waals surface area (Å²) in [7, 11) is 1.64. The number of rotatable bonds is 5. The summed E-state index contributed by atoms with van der Waals surface area (Å²) in [6.45, 7) is 2.55. The van der Waals surface area contributed by atoms with Gasteiger partial charge >= 0.3 is 0 Å². The van der Waals surface area contributed by atoms with Crippen LogP contribution in [0.2, 0.25) is 0 Å². The Bertz CT molecular complexity index is 579. The van der Waals surface area contributed by atoms with E-state index in [1.165, 1.54) is 0 Å². The van der Waals surface area contributed by atoms with E-state index in [4.69, 9.17) is 9.47 Å². The fourth-order valence-corrected chi connectivity index (χ4v) is 4.14. The lowest BCUT2D eigenvalue weighted by atomic mass is 9.78. The Hall–Kier alpha value is -1.59. The second kappa shape index (κ2) is 8.19. The second-order valence-electron chi connectivity index (χ2n) is 7.31. The van der Waals surface area contributed by atoms with Crippen molar-refractivity contribution in [1.29, 1.82) is 0 Å². The van der Waals surface area contributed by atoms with Gasteiger partial charge in [-0.1, -0.05) is 12.1 Å². The summed E-state index contributed by atoms with van der Waals surface area (Å²) < 4.78 is 11.4. The molecule has 1 amide bonds. The van der Waals surface area contributed by atoms with E-state index in [1.54, 1.807) is 7.11 Å². The van der Waals surface area contributed by atoms with Crippen molar-refractivity contribution in [2.45, 2.75) is 44.1 Å². The van der Waals surface area contributed by atoms with Crippen LogP contribution in [-0.2, 0) is 16.0 Å². The molecule has 2 aliphatic heterocycles. The first-order valence-electron chi connectivity index (χ1n) is 9.30. The molecule has 2 aliphatic rings. The van der Waals surface area contributed by atoms with Crippen LogP contribution < -0.4 is 4.74 Å². The molecule has 1 atom stereocenters. The molecule has 25 heavy (non-hydrogen) atoms. The van der Waals surface area contributed by atoms with Gasteiger partial charge in [0.25, 0.3) is 0 Å². The highest BCUT2D eigenvalue weighted by molar-refractivity contribution is 5.79. The monoisotopic (exact) mass is 347 g/mol. The molecule has 1 N–H and O–H groups in total. The summed E-state index contributed by atoms with van der Waals surface area (Å²) in [5.74, 6) is 1.51. The normalized spacial score (nSPS) is 22.8. The number of carbonyl (C=O) groups excluding carboxylic acids is 1. The molecule has 5 heteroatoms. The maximum Gasteiger partial charge on any atom is 0.226 e. The van der Waals surface area contributed by atoms with Crippen LogP contribution >= 0.6 is 0 Å². The highest BCUT2D eigenvalue weighted by Crippen LogP contribution is 2.38. The Morgan fingerprint density at radius 1 is 1.40 bits per heavy atom. The minimum atomic E-state index is -0.0785. The van der Waals surface area contributed by atoms with Gasteiger partial charge in [0.15, 0.2) is 0 Å². The van der Waals surface area contributed by atoms with Crippen LogP contribution in [0.25, 0.3) is 0 Å². The number of benzene rings is 1. The number of amides is 1. The Morgan fingerprint density at radius 2 is 2.20 bits per heavy atom. The molecule has 0 saturated carbocycles. The molecule has 0 aliphatic carbocycles. The number of piperidine rings is 1. The van der Waals surface area contributed by atoms with Gasteiger partial charge in [-0.05, 0) is 55.7 Å². The molecule has 3 rings (SSSR count). The van der Waals surface area contributed by atoms with Crippen LogP contribution in [0.15, 0.2) is 24.3 Å². The minimum Gasteiger partial charge on any atom is -0.497 e. The molecule has 1 aromatic carbocycles. The Kier molecular flexibility index (Phi) is 5.97. The summed E-state index contributed by atoms with van der Waals surface area (Å²) >= 11 is 0. The van der Waals surface area contributed by atoms with E-state index in [2.05, 4.69) is 0 Å². The predicted molar refractivity (Wildman–Crippen MR) is 95.6 cm³/mol. The molecule has 1 unspecified atom stereocenters. The third kappa shape index (κ3) is 4.53. The lowest BCUT2D eigenvalue weighted by Gasteiger charge is -2.46. The maximum atomic E-state index is 12.6. The summed E-state index contributed by atoms with van der Waals surface area (Å²) in [6, 6.07) is 7.70. The third-order valence-electron chi connectivity index (χ3n) is 5.65. The second-order valence-corrected chi connectivity index (χ2v) is 7.31. The lowest BCUT2D eigenvalue weighted by Crippen LogP contribution is -2.51. The average Bonchev–Trinajstić information content (AvgIpc) is 2.63. The number of aliphatic hydroxyl groups excluding tert-OH is 1. The van der Waals surface area contributed by atoms with Crippen molar-refractivity contribution in [3.05, 3.63) is 29.8 Å². The molecular weight excluding hydrogens is 318 g/mol. The molecule has 0 radical (unpaired) electrons. The Balaban J connectivity index is 1.53. The van der Waals surface area contributed by atoms with Gasteiger partial charge in [0.2, 0.25) is 5.91 Å². The quantitative estimate of drug-likeness (QED) is 0.889. The van der Waals surface area contributed by atoms with Crippen LogP contribution in [0.5, 0.6) is 5.75 Å². The van der Waals surface area contributed by atoms with Gasteiger partial charge in [-0.15, -0.1) is 0 Å². The number of methoxy groups -OCH3 is 1. The van der Waals surface area contributed by atoms with Crippen LogP contribution in [0.4, 0.5) is 0 Å². The van der Waals surface area contributed by atoms with Gasteiger partial charge in [-0.3, -0.25) is 4.79 Å². The van der Waals surface area contributed by atoms with Crippen molar-refractivity contribution in [2.75, 3.05) is 33.4 Å². The number of nitrogens with zero attached hydrogens (tertiary/aromatic N) is 1. The summed E-state index contributed by atoms with van der Waals surface area (Å²) in [5, 5.41) is 9.20. The van der Waals surface area contributed by atoms with Crippen LogP contribution in [0.1, 0.15) is 37.7 Å². The largest absolute Gasteiger partial charge is 0.497 e. The minimum absolute atomic E-state index is 0.0785. The lowest BCUT2D eigenvalue weighted by molar-refractivity contribution is -0.147. The highest BCUT2D eigenvalue weighted by atomic mass is 16.5. The molecule has 5 nitrogen and oxygen atoms in total. The smallest absolute Gasteiger partial charge is 0.226 e. The first-order chi connectivity index (χ1) is 12.1. The average molecular weight is 347 g/mol. The molecular formula is C20H29NO4. The van der Waals surface area contributed by atoms with Gasteiger partial charge in [0.05, 0.1) is 19.1 Å². The van der Waals surface area contributed by atoms with Gasteiger partial charge in [0.1, 0.15) is 5.75 Å². The zero-order valence-corrected chi connectivity index (χ0v) is 15.1. The Morgan fingerprint density at radius 3 is 2.92 bits per heavy atom. The van der Waals surface area contributed by atoms with Gasteiger partial charge in [-0.25, -0.2) is 0 Å². The molecule has 0 aromatic heterocycles. The van der Waals surface area contributed by atoms with E-state index in [1.807, 2.05) is 29.2 Å². The number of aliphatic hydroxyl groups is 1. The predicted octanol–water partition coefficient (Wildman–Crippen LogP) is 2.41. The van der Waals surface area contributed by atoms with E-state index in [-0.39, 0.29) is 18.1 Å². The fourth-order valence-electron chi connectivity index (χ4n) is 4.14. The van der Waals surface area contributed by atoms with E-state index in [9.17, 15) is 9.90 Å². The van der Waals surface area contributed by atoms with Crippen LogP contribution in [0, 0.1) is 5.92 Å². The highest BCUT2D eigenvalue weighted by Gasteiger charge is 2.40. The first kappa shape index (κ1) is 18.2. The number of likely N-dealkylation sites (tertiary alicyclic amines) is 1. The van der Waals surface area contributed by atoms with E-state index < -0.39 is 0 Å². The molecule has 2 heterocycles. The number of carbonyl (C=O) groups is 1. The van der Waals surface area contributed by atoms with E-state index >= 15 is 0 Å². The molecule has 2 fully saturated rings. The zero-order chi connectivity index (χ0) is 17.7. The van der Waals surface area contributed by atoms with Crippen molar-refractivity contribution in [1.82, 2.24) is 4.90 Å². The van der Waals surface area contributed by atoms with Gasteiger partial charge in [0, 0.05) is 26.3 Å². The molecule has 0 bridgehead atoms. The fraction of sp³-hybridized carbons (Fsp3) is 0.650. The Labute approximate surface area is 149 Å². The summed E-state index contributed by atoms with van der Waals surface area (Å²) in [6.07, 6.45) is 5.14. The van der Waals surface area contributed by atoms with Gasteiger partial charge < -0.3 is 19.5 Å². The van der Waals surface area contributed by atoms with Crippen molar-refractivity contribution in [2.24, 2.45) is 5.92 Å². The number of hydrogen-bond donors (Lipinski definition) is 1. The molecule has 138 valence electrons. The molecule has 2 saturated heterocycles. The summed E-state index contributed by atoms with van der Waals surface area (Å²) in [4.78, 5) is 14.6. The van der Waals surface area contributed by atoms with Crippen LogP contribution in [0.3, 0.4) is 0 Å². The van der Waals surface area contributed by atoms with Crippen molar-refractivity contribution in [3.63, 3.8) is 0 Å². The van der Waals surface area contributed by atoms with E-state index in [0.717, 1.165) is 63.1 Å². The topological polar surface area (TPSA) is 59.0 Å². The number of hydrogen-bond acceptors (Lipinski definition) is 4. The SMILES string of the molecule is COc1cccc(CC(=O)N2CCC3(CC2)CC(CCO)CCO3)c1. The van der Waals surface area contributed by atoms with E-state index in [0.29, 0.717) is 12.3 Å². The van der Waals surface area contributed by atoms with Crippen molar-refractivity contribution in [3.8, 4) is 5.75 Å². The number of ether oxygens (including phenoxy) is 2. The zero-order valence-electron chi connectivity index (χ0n) is 15.1. The molecule has 1 spiro atoms. The van der Waals surface area contributed by atoms with Gasteiger partial charge in [-0.2, -0.15) is 0 Å². The van der Waals surface area contributed by atoms with Crippen molar-refractivity contribution >= 4 is 5.91 Å². The summed E-state index contributed by atoms with van der Waals surface area (Å²) in [5.41, 5.74) is 0.909. The first-order valence-corrected chi connectivity index (χ1v) is 9.30. The van der Waals surface area contributed by atoms with Crippen LogP contribution in [-0.4, -0.2) is 54.9 Å².